The molecule has 9 heteroatoms. The molecule has 0 aliphatic heterocycles. The molecule has 0 aromatic heterocycles. The van der Waals surface area contributed by atoms with Crippen molar-refractivity contribution in [2.24, 2.45) is 5.10 Å². The lowest BCUT2D eigenvalue weighted by molar-refractivity contribution is -0.385. The molecule has 0 atom stereocenters. The molecule has 0 amide bonds. The lowest BCUT2D eigenvalue weighted by atomic mass is 10.1. The predicted molar refractivity (Wildman–Crippen MR) is 95.4 cm³/mol. The Hall–Kier alpha value is -3.62. The molecule has 0 unspecified atom stereocenters. The number of benzene rings is 2. The fourth-order valence-corrected chi connectivity index (χ4v) is 2.12. The number of ether oxygens (including phenoxy) is 2. The quantitative estimate of drug-likeness (QED) is 0.421. The molecule has 0 saturated heterocycles. The monoisotopic (exact) mass is 359 g/mol. The first-order valence-electron chi connectivity index (χ1n) is 7.58. The second kappa shape index (κ2) is 8.47. The van der Waals surface area contributed by atoms with Gasteiger partial charge in [-0.1, -0.05) is 0 Å². The Kier molecular flexibility index (Phi) is 6.10. The van der Waals surface area contributed by atoms with Crippen LogP contribution < -0.4 is 14.9 Å². The number of nitro groups is 1. The molecule has 136 valence electrons. The highest BCUT2D eigenvalue weighted by molar-refractivity contribution is 5.88. The van der Waals surface area contributed by atoms with Gasteiger partial charge in [-0.15, -0.1) is 0 Å². The van der Waals surface area contributed by atoms with Gasteiger partial charge in [0.2, 0.25) is 0 Å². The van der Waals surface area contributed by atoms with Crippen molar-refractivity contribution in [2.75, 3.05) is 19.1 Å². The zero-order valence-corrected chi connectivity index (χ0v) is 14.1. The molecule has 0 radical (unpaired) electrons. The maximum atomic E-state index is 11.3. The van der Waals surface area contributed by atoms with Gasteiger partial charge >= 0.3 is 5.97 Å². The van der Waals surface area contributed by atoms with E-state index < -0.39 is 10.9 Å². The van der Waals surface area contributed by atoms with Crippen molar-refractivity contribution in [3.05, 3.63) is 57.6 Å². The Morgan fingerprint density at radius 1 is 1.31 bits per heavy atom. The fraction of sp³-hybridized carbons (Fsp3) is 0.176. The van der Waals surface area contributed by atoms with Crippen LogP contribution in [0.15, 0.2) is 41.5 Å². The van der Waals surface area contributed by atoms with Gasteiger partial charge in [0.25, 0.3) is 5.69 Å². The third kappa shape index (κ3) is 4.47. The number of hydrogen-bond donors (Lipinski definition) is 2. The van der Waals surface area contributed by atoms with Crippen LogP contribution in [-0.2, 0) is 0 Å². The van der Waals surface area contributed by atoms with E-state index in [0.29, 0.717) is 18.0 Å². The largest absolute Gasteiger partial charge is 0.493 e. The molecule has 0 spiro atoms. The van der Waals surface area contributed by atoms with E-state index in [1.165, 1.54) is 49.7 Å². The number of carbonyl (C=O) groups is 1. The van der Waals surface area contributed by atoms with Crippen molar-refractivity contribution in [3.8, 4) is 11.5 Å². The molecule has 2 aromatic carbocycles. The van der Waals surface area contributed by atoms with E-state index in [4.69, 9.17) is 14.6 Å². The van der Waals surface area contributed by atoms with Crippen LogP contribution in [-0.4, -0.2) is 35.9 Å². The highest BCUT2D eigenvalue weighted by Crippen LogP contribution is 2.34. The molecule has 9 nitrogen and oxygen atoms in total. The predicted octanol–water partition coefficient (Wildman–Crippen LogP) is 3.15. The van der Waals surface area contributed by atoms with E-state index in [9.17, 15) is 14.9 Å². The number of hydrogen-bond acceptors (Lipinski definition) is 7. The van der Waals surface area contributed by atoms with Gasteiger partial charge in [-0.25, -0.2) is 4.79 Å². The summed E-state index contributed by atoms with van der Waals surface area (Å²) in [6, 6.07) is 8.66. The smallest absolute Gasteiger partial charge is 0.335 e. The second-order valence-electron chi connectivity index (χ2n) is 5.00. The molecular formula is C17H17N3O6. The van der Waals surface area contributed by atoms with Crippen molar-refractivity contribution < 1.29 is 24.3 Å². The summed E-state index contributed by atoms with van der Waals surface area (Å²) in [5.74, 6) is -0.404. The first-order valence-corrected chi connectivity index (χ1v) is 7.58. The van der Waals surface area contributed by atoms with Crippen molar-refractivity contribution in [1.82, 2.24) is 0 Å². The van der Waals surface area contributed by atoms with Gasteiger partial charge in [0.15, 0.2) is 11.5 Å². The average molecular weight is 359 g/mol. The number of carboxylic acids is 1. The minimum absolute atomic E-state index is 0.145. The van der Waals surface area contributed by atoms with Crippen LogP contribution >= 0.6 is 0 Å². The zero-order valence-electron chi connectivity index (χ0n) is 14.1. The van der Waals surface area contributed by atoms with Crippen molar-refractivity contribution in [3.63, 3.8) is 0 Å². The van der Waals surface area contributed by atoms with E-state index in [0.717, 1.165) is 0 Å². The number of hydrazone groups is 1. The van der Waals surface area contributed by atoms with Crippen molar-refractivity contribution in [1.29, 1.82) is 0 Å². The summed E-state index contributed by atoms with van der Waals surface area (Å²) in [5.41, 5.74) is 3.41. The standard InChI is InChI=1S/C17H17N3O6/c1-3-26-16-8-12(14(20(23)24)9-15(16)25-2)10-18-19-13-6-4-11(5-7-13)17(21)22/h4-10,19H,3H2,1-2H3,(H,21,22). The minimum atomic E-state index is -1.03. The molecule has 0 saturated carbocycles. The van der Waals surface area contributed by atoms with Crippen LogP contribution in [0.2, 0.25) is 0 Å². The number of methoxy groups -OCH3 is 1. The zero-order chi connectivity index (χ0) is 19.1. The Morgan fingerprint density at radius 2 is 2.00 bits per heavy atom. The SMILES string of the molecule is CCOc1cc(C=NNc2ccc(C(=O)O)cc2)c([N+](=O)[O-])cc1OC. The van der Waals surface area contributed by atoms with Crippen LogP contribution in [0.25, 0.3) is 0 Å². The van der Waals surface area contributed by atoms with Crippen molar-refractivity contribution in [2.45, 2.75) is 6.92 Å². The average Bonchev–Trinajstić information content (AvgIpc) is 2.62. The van der Waals surface area contributed by atoms with Crippen LogP contribution in [0.3, 0.4) is 0 Å². The van der Waals surface area contributed by atoms with Crippen LogP contribution in [0.4, 0.5) is 11.4 Å². The van der Waals surface area contributed by atoms with Gasteiger partial charge in [-0.05, 0) is 37.3 Å². The first-order chi connectivity index (χ1) is 12.5. The summed E-state index contributed by atoms with van der Waals surface area (Å²) in [4.78, 5) is 21.5. The Bertz CT molecular complexity index is 833. The number of rotatable bonds is 8. The van der Waals surface area contributed by atoms with E-state index in [1.807, 2.05) is 0 Å². The molecule has 0 bridgehead atoms. The summed E-state index contributed by atoms with van der Waals surface area (Å²) >= 11 is 0. The van der Waals surface area contributed by atoms with E-state index in [1.54, 1.807) is 6.92 Å². The highest BCUT2D eigenvalue weighted by atomic mass is 16.6. The minimum Gasteiger partial charge on any atom is -0.493 e. The number of aromatic carboxylic acids is 1. The first kappa shape index (κ1) is 18.7. The van der Waals surface area contributed by atoms with E-state index in [-0.39, 0.29) is 22.6 Å². The van der Waals surface area contributed by atoms with Gasteiger partial charge in [0.1, 0.15) is 0 Å². The molecular weight excluding hydrogens is 342 g/mol. The van der Waals surface area contributed by atoms with Gasteiger partial charge in [0, 0.05) is 0 Å². The fourth-order valence-electron chi connectivity index (χ4n) is 2.12. The molecule has 0 aliphatic rings. The highest BCUT2D eigenvalue weighted by Gasteiger charge is 2.18. The number of anilines is 1. The third-order valence-corrected chi connectivity index (χ3v) is 3.34. The molecule has 2 N–H and O–H groups in total. The summed E-state index contributed by atoms with van der Waals surface area (Å²) in [7, 11) is 1.40. The topological polar surface area (TPSA) is 123 Å². The normalized spacial score (nSPS) is 10.5. The second-order valence-corrected chi connectivity index (χ2v) is 5.00. The summed E-state index contributed by atoms with van der Waals surface area (Å²) in [5, 5.41) is 24.1. The molecule has 2 rings (SSSR count). The van der Waals surface area contributed by atoms with Crippen LogP contribution in [0, 0.1) is 10.1 Å². The summed E-state index contributed by atoms with van der Waals surface area (Å²) < 4.78 is 10.5. The summed E-state index contributed by atoms with van der Waals surface area (Å²) in [6.07, 6.45) is 1.28. The molecule has 2 aromatic rings. The number of nitrogens with zero attached hydrogens (tertiary/aromatic N) is 2. The number of nitro benzene ring substituents is 1. The lowest BCUT2D eigenvalue weighted by Gasteiger charge is -2.10. The molecule has 0 aliphatic carbocycles. The lowest BCUT2D eigenvalue weighted by Crippen LogP contribution is -2.01. The van der Waals surface area contributed by atoms with E-state index in [2.05, 4.69) is 10.5 Å². The van der Waals surface area contributed by atoms with Gasteiger partial charge < -0.3 is 14.6 Å². The Labute approximate surface area is 149 Å². The summed E-state index contributed by atoms with van der Waals surface area (Å²) in [6.45, 7) is 2.16. The van der Waals surface area contributed by atoms with Crippen molar-refractivity contribution >= 4 is 23.6 Å². The Morgan fingerprint density at radius 3 is 2.54 bits per heavy atom. The molecule has 0 heterocycles. The Balaban J connectivity index is 2.25. The number of carboxylic acid groups (broad SMARTS) is 1. The van der Waals surface area contributed by atoms with E-state index >= 15 is 0 Å². The maximum Gasteiger partial charge on any atom is 0.335 e. The van der Waals surface area contributed by atoms with Crippen LogP contribution in [0.1, 0.15) is 22.8 Å². The van der Waals surface area contributed by atoms with Gasteiger partial charge in [-0.3, -0.25) is 15.5 Å². The van der Waals surface area contributed by atoms with Gasteiger partial charge in [-0.2, -0.15) is 5.10 Å². The third-order valence-electron chi connectivity index (χ3n) is 3.34. The molecule has 26 heavy (non-hydrogen) atoms. The number of nitrogens with one attached hydrogen (secondary N) is 1. The van der Waals surface area contributed by atoms with Gasteiger partial charge in [0.05, 0.1) is 47.7 Å². The van der Waals surface area contributed by atoms with Crippen LogP contribution in [0.5, 0.6) is 11.5 Å². The maximum absolute atomic E-state index is 11.3. The molecule has 0 fully saturated rings.